The Morgan fingerprint density at radius 2 is 1.78 bits per heavy atom. The first kappa shape index (κ1) is 16.2. The summed E-state index contributed by atoms with van der Waals surface area (Å²) in [6.45, 7) is 5.40. The van der Waals surface area contributed by atoms with E-state index in [0.717, 1.165) is 39.1 Å². The minimum absolute atomic E-state index is 0. The zero-order chi connectivity index (χ0) is 14.8. The van der Waals surface area contributed by atoms with Crippen molar-refractivity contribution in [3.05, 3.63) is 59.4 Å². The Kier molecular flexibility index (Phi) is 5.16. The largest absolute Gasteiger partial charge is 0.369 e. The maximum absolute atomic E-state index is 4.13. The zero-order valence-corrected chi connectivity index (χ0v) is 14.0. The SMILES string of the molecule is Cl.c1cc(C2NCCc3cc(N4CCNCC4)ccc32)ccn1. The lowest BCUT2D eigenvalue weighted by molar-refractivity contribution is 0.565. The zero-order valence-electron chi connectivity index (χ0n) is 13.2. The molecule has 5 heteroatoms. The van der Waals surface area contributed by atoms with Crippen molar-refractivity contribution < 1.29 is 0 Å². The monoisotopic (exact) mass is 330 g/mol. The van der Waals surface area contributed by atoms with Crippen LogP contribution in [0.3, 0.4) is 0 Å². The number of halogens is 1. The van der Waals surface area contributed by atoms with E-state index in [2.05, 4.69) is 50.8 Å². The molecule has 0 spiro atoms. The normalized spacial score (nSPS) is 20.5. The molecule has 4 nitrogen and oxygen atoms in total. The van der Waals surface area contributed by atoms with Gasteiger partial charge in [-0.3, -0.25) is 4.98 Å². The molecular formula is C18H23ClN4. The van der Waals surface area contributed by atoms with Crippen LogP contribution in [0.15, 0.2) is 42.7 Å². The Morgan fingerprint density at radius 1 is 1.00 bits per heavy atom. The van der Waals surface area contributed by atoms with Crippen molar-refractivity contribution in [3.8, 4) is 0 Å². The van der Waals surface area contributed by atoms with Gasteiger partial charge in [0.15, 0.2) is 0 Å². The highest BCUT2D eigenvalue weighted by Gasteiger charge is 2.22. The Balaban J connectivity index is 0.00000156. The van der Waals surface area contributed by atoms with Crippen LogP contribution in [0.4, 0.5) is 5.69 Å². The molecule has 1 unspecified atom stereocenters. The molecule has 0 amide bonds. The van der Waals surface area contributed by atoms with Crippen molar-refractivity contribution in [1.82, 2.24) is 15.6 Å². The molecule has 2 aliphatic rings. The van der Waals surface area contributed by atoms with E-state index in [0.29, 0.717) is 6.04 Å². The molecule has 2 aliphatic heterocycles. The quantitative estimate of drug-likeness (QED) is 0.885. The molecule has 4 rings (SSSR count). The van der Waals surface area contributed by atoms with Crippen LogP contribution in [-0.2, 0) is 6.42 Å². The van der Waals surface area contributed by atoms with E-state index in [1.807, 2.05) is 12.4 Å². The van der Waals surface area contributed by atoms with Gasteiger partial charge in [0, 0.05) is 50.8 Å². The van der Waals surface area contributed by atoms with E-state index in [1.165, 1.54) is 22.4 Å². The first-order valence-corrected chi connectivity index (χ1v) is 8.13. The summed E-state index contributed by atoms with van der Waals surface area (Å²) in [5.41, 5.74) is 5.56. The van der Waals surface area contributed by atoms with E-state index in [1.54, 1.807) is 0 Å². The Hall–Kier alpha value is -1.62. The van der Waals surface area contributed by atoms with E-state index < -0.39 is 0 Å². The Morgan fingerprint density at radius 3 is 2.57 bits per heavy atom. The third-order valence-corrected chi connectivity index (χ3v) is 4.70. The van der Waals surface area contributed by atoms with Gasteiger partial charge in [-0.25, -0.2) is 0 Å². The molecule has 23 heavy (non-hydrogen) atoms. The predicted molar refractivity (Wildman–Crippen MR) is 96.6 cm³/mol. The topological polar surface area (TPSA) is 40.2 Å². The fraction of sp³-hybridized carbons (Fsp3) is 0.389. The average Bonchev–Trinajstić information content (AvgIpc) is 2.62. The van der Waals surface area contributed by atoms with E-state index in [4.69, 9.17) is 0 Å². The summed E-state index contributed by atoms with van der Waals surface area (Å²) in [5, 5.41) is 7.06. The third-order valence-electron chi connectivity index (χ3n) is 4.70. The number of fused-ring (bicyclic) bond motifs is 1. The minimum Gasteiger partial charge on any atom is -0.369 e. The highest BCUT2D eigenvalue weighted by molar-refractivity contribution is 5.85. The fourth-order valence-corrected chi connectivity index (χ4v) is 3.52. The van der Waals surface area contributed by atoms with Crippen LogP contribution in [0, 0.1) is 0 Å². The van der Waals surface area contributed by atoms with Crippen molar-refractivity contribution in [2.45, 2.75) is 12.5 Å². The van der Waals surface area contributed by atoms with Crippen LogP contribution in [0.1, 0.15) is 22.7 Å². The van der Waals surface area contributed by atoms with Gasteiger partial charge in [0.2, 0.25) is 0 Å². The Bertz CT molecular complexity index is 641. The molecule has 122 valence electrons. The molecule has 1 fully saturated rings. The minimum atomic E-state index is 0. The van der Waals surface area contributed by atoms with Crippen LogP contribution in [0.5, 0.6) is 0 Å². The molecule has 1 atom stereocenters. The van der Waals surface area contributed by atoms with Crippen molar-refractivity contribution in [1.29, 1.82) is 0 Å². The van der Waals surface area contributed by atoms with Crippen LogP contribution < -0.4 is 15.5 Å². The standard InChI is InChI=1S/C18H22N4.ClH/c1-2-17-15(13-16(1)22-11-9-20-10-12-22)5-8-21-18(17)14-3-6-19-7-4-14;/h1-4,6-7,13,18,20-21H,5,8-12H2;1H. The van der Waals surface area contributed by atoms with Crippen molar-refractivity contribution in [3.63, 3.8) is 0 Å². The van der Waals surface area contributed by atoms with Gasteiger partial charge >= 0.3 is 0 Å². The van der Waals surface area contributed by atoms with Gasteiger partial charge in [0.05, 0.1) is 6.04 Å². The van der Waals surface area contributed by atoms with Crippen LogP contribution in [-0.4, -0.2) is 37.7 Å². The number of piperazine rings is 1. The predicted octanol–water partition coefficient (Wildman–Crippen LogP) is 2.15. The Labute approximate surface area is 143 Å². The fourth-order valence-electron chi connectivity index (χ4n) is 3.52. The molecule has 0 bridgehead atoms. The van der Waals surface area contributed by atoms with Gasteiger partial charge in [-0.1, -0.05) is 6.07 Å². The molecule has 1 aromatic carbocycles. The summed E-state index contributed by atoms with van der Waals surface area (Å²) in [7, 11) is 0. The number of nitrogens with zero attached hydrogens (tertiary/aromatic N) is 2. The first-order valence-electron chi connectivity index (χ1n) is 8.13. The van der Waals surface area contributed by atoms with Crippen LogP contribution in [0.2, 0.25) is 0 Å². The first-order chi connectivity index (χ1) is 10.9. The second-order valence-corrected chi connectivity index (χ2v) is 6.04. The maximum Gasteiger partial charge on any atom is 0.0580 e. The number of pyridine rings is 1. The number of nitrogens with one attached hydrogen (secondary N) is 2. The second-order valence-electron chi connectivity index (χ2n) is 6.04. The number of rotatable bonds is 2. The van der Waals surface area contributed by atoms with Crippen molar-refractivity contribution in [2.75, 3.05) is 37.6 Å². The van der Waals surface area contributed by atoms with Gasteiger partial charge < -0.3 is 15.5 Å². The average molecular weight is 331 g/mol. The number of benzene rings is 1. The lowest BCUT2D eigenvalue weighted by atomic mass is 9.90. The number of hydrogen-bond acceptors (Lipinski definition) is 4. The van der Waals surface area contributed by atoms with Crippen LogP contribution in [0.25, 0.3) is 0 Å². The molecule has 2 aromatic rings. The van der Waals surface area contributed by atoms with E-state index in [-0.39, 0.29) is 12.4 Å². The van der Waals surface area contributed by atoms with Crippen molar-refractivity contribution >= 4 is 18.1 Å². The van der Waals surface area contributed by atoms with E-state index >= 15 is 0 Å². The lowest BCUT2D eigenvalue weighted by Crippen LogP contribution is -2.43. The highest BCUT2D eigenvalue weighted by Crippen LogP contribution is 2.31. The summed E-state index contributed by atoms with van der Waals surface area (Å²) >= 11 is 0. The lowest BCUT2D eigenvalue weighted by Gasteiger charge is -2.32. The van der Waals surface area contributed by atoms with Gasteiger partial charge in [-0.2, -0.15) is 0 Å². The summed E-state index contributed by atoms with van der Waals surface area (Å²) < 4.78 is 0. The van der Waals surface area contributed by atoms with Gasteiger partial charge in [-0.15, -0.1) is 12.4 Å². The molecule has 0 radical (unpaired) electrons. The van der Waals surface area contributed by atoms with Gasteiger partial charge in [0.25, 0.3) is 0 Å². The molecular weight excluding hydrogens is 308 g/mol. The molecule has 0 saturated carbocycles. The molecule has 2 N–H and O–H groups in total. The molecule has 1 aromatic heterocycles. The van der Waals surface area contributed by atoms with Gasteiger partial charge in [0.1, 0.15) is 0 Å². The molecule has 3 heterocycles. The molecule has 0 aliphatic carbocycles. The maximum atomic E-state index is 4.13. The smallest absolute Gasteiger partial charge is 0.0580 e. The second kappa shape index (κ2) is 7.30. The van der Waals surface area contributed by atoms with Crippen molar-refractivity contribution in [2.24, 2.45) is 0 Å². The number of anilines is 1. The summed E-state index contributed by atoms with van der Waals surface area (Å²) in [6.07, 6.45) is 4.86. The summed E-state index contributed by atoms with van der Waals surface area (Å²) in [5.74, 6) is 0. The van der Waals surface area contributed by atoms with Crippen LogP contribution >= 0.6 is 12.4 Å². The third kappa shape index (κ3) is 3.34. The van der Waals surface area contributed by atoms with Gasteiger partial charge in [-0.05, 0) is 47.4 Å². The number of hydrogen-bond donors (Lipinski definition) is 2. The summed E-state index contributed by atoms with van der Waals surface area (Å²) in [6, 6.07) is 11.5. The molecule has 1 saturated heterocycles. The highest BCUT2D eigenvalue weighted by atomic mass is 35.5. The van der Waals surface area contributed by atoms with E-state index in [9.17, 15) is 0 Å². The number of aromatic nitrogens is 1. The summed E-state index contributed by atoms with van der Waals surface area (Å²) in [4.78, 5) is 6.62.